The first-order chi connectivity index (χ1) is 15.4. The van der Waals surface area contributed by atoms with Crippen molar-refractivity contribution in [2.45, 2.75) is 70.5 Å². The molecule has 1 fully saturated rings. The molecule has 0 aromatic heterocycles. The minimum Gasteiger partial charge on any atom is -0.458 e. The van der Waals surface area contributed by atoms with E-state index in [0.717, 1.165) is 32.1 Å². The standard InChI is InChI=1S/C24H32O8/c1-17(25)16-30-23(27)18-10-5-6-11-19(18)24(28)32-21-13-8-7-12-20(21)31-22(26)14-4-3-9-15-29-2/h5-6,10-11,20-21H,3-4,7-9,12-16H2,1-2H3. The van der Waals surface area contributed by atoms with Crippen molar-refractivity contribution in [1.29, 1.82) is 0 Å². The molecule has 0 spiro atoms. The average Bonchev–Trinajstić information content (AvgIpc) is 2.78. The minimum absolute atomic E-state index is 0.0270. The van der Waals surface area contributed by atoms with E-state index in [1.165, 1.54) is 19.1 Å². The Morgan fingerprint density at radius 2 is 1.50 bits per heavy atom. The summed E-state index contributed by atoms with van der Waals surface area (Å²) < 4.78 is 21.2. The molecule has 1 saturated carbocycles. The largest absolute Gasteiger partial charge is 0.458 e. The summed E-state index contributed by atoms with van der Waals surface area (Å²) in [6.07, 6.45) is 4.65. The average molecular weight is 449 g/mol. The zero-order valence-electron chi connectivity index (χ0n) is 18.8. The van der Waals surface area contributed by atoms with E-state index in [1.807, 2.05) is 0 Å². The molecule has 0 heterocycles. The van der Waals surface area contributed by atoms with Gasteiger partial charge in [-0.2, -0.15) is 0 Å². The van der Waals surface area contributed by atoms with Crippen LogP contribution in [-0.4, -0.2) is 56.2 Å². The Bertz CT molecular complexity index is 788. The van der Waals surface area contributed by atoms with Gasteiger partial charge in [0.05, 0.1) is 11.1 Å². The van der Waals surface area contributed by atoms with Crippen molar-refractivity contribution in [1.82, 2.24) is 0 Å². The minimum atomic E-state index is -0.771. The third kappa shape index (κ3) is 8.42. The Balaban J connectivity index is 1.96. The molecule has 0 amide bonds. The number of methoxy groups -OCH3 is 1. The summed E-state index contributed by atoms with van der Waals surface area (Å²) in [5, 5.41) is 0. The lowest BCUT2D eigenvalue weighted by Crippen LogP contribution is -2.38. The van der Waals surface area contributed by atoms with E-state index in [0.29, 0.717) is 25.9 Å². The van der Waals surface area contributed by atoms with Gasteiger partial charge in [0.25, 0.3) is 0 Å². The molecule has 176 valence electrons. The first-order valence-electron chi connectivity index (χ1n) is 11.1. The second-order valence-electron chi connectivity index (χ2n) is 7.88. The van der Waals surface area contributed by atoms with Gasteiger partial charge in [0.2, 0.25) is 0 Å². The monoisotopic (exact) mass is 448 g/mol. The van der Waals surface area contributed by atoms with Crippen LogP contribution in [0.3, 0.4) is 0 Å². The SMILES string of the molecule is COCCCCCC(=O)OC1CCCCC1OC(=O)c1ccccc1C(=O)OCC(C)=O. The van der Waals surface area contributed by atoms with Crippen molar-refractivity contribution in [3.05, 3.63) is 35.4 Å². The summed E-state index contributed by atoms with van der Waals surface area (Å²) in [7, 11) is 1.65. The van der Waals surface area contributed by atoms with Gasteiger partial charge >= 0.3 is 17.9 Å². The quantitative estimate of drug-likeness (QED) is 0.271. The molecule has 8 nitrogen and oxygen atoms in total. The summed E-state index contributed by atoms with van der Waals surface area (Å²) in [5.41, 5.74) is 0.0778. The van der Waals surface area contributed by atoms with Crippen LogP contribution in [0.4, 0.5) is 0 Å². The number of carbonyl (C=O) groups is 4. The van der Waals surface area contributed by atoms with Crippen LogP contribution in [-0.2, 0) is 28.5 Å². The van der Waals surface area contributed by atoms with Crippen LogP contribution < -0.4 is 0 Å². The van der Waals surface area contributed by atoms with Crippen LogP contribution in [0.5, 0.6) is 0 Å². The molecule has 2 atom stereocenters. The lowest BCUT2D eigenvalue weighted by atomic mass is 9.94. The number of rotatable bonds is 12. The van der Waals surface area contributed by atoms with Crippen molar-refractivity contribution >= 4 is 23.7 Å². The third-order valence-corrected chi connectivity index (χ3v) is 5.19. The third-order valence-electron chi connectivity index (χ3n) is 5.19. The second kappa shape index (κ2) is 13.6. The Labute approximate surface area is 188 Å². The summed E-state index contributed by atoms with van der Waals surface area (Å²) in [5.74, 6) is -2.06. The zero-order valence-corrected chi connectivity index (χ0v) is 18.8. The van der Waals surface area contributed by atoms with E-state index in [1.54, 1.807) is 19.2 Å². The molecular weight excluding hydrogens is 416 g/mol. The maximum absolute atomic E-state index is 12.8. The molecule has 1 aromatic rings. The van der Waals surface area contributed by atoms with Crippen molar-refractivity contribution in [2.24, 2.45) is 0 Å². The van der Waals surface area contributed by atoms with E-state index < -0.39 is 24.1 Å². The molecule has 0 radical (unpaired) electrons. The Kier molecular flexibility index (Phi) is 10.9. The van der Waals surface area contributed by atoms with Gasteiger partial charge in [0.1, 0.15) is 18.8 Å². The Hall–Kier alpha value is -2.74. The molecule has 0 N–H and O–H groups in total. The van der Waals surface area contributed by atoms with Gasteiger partial charge < -0.3 is 18.9 Å². The van der Waals surface area contributed by atoms with Gasteiger partial charge in [-0.3, -0.25) is 9.59 Å². The number of carbonyl (C=O) groups excluding carboxylic acids is 4. The number of benzene rings is 1. The first kappa shape index (κ1) is 25.5. The molecule has 0 aliphatic heterocycles. The van der Waals surface area contributed by atoms with Crippen molar-refractivity contribution in [2.75, 3.05) is 20.3 Å². The smallest absolute Gasteiger partial charge is 0.339 e. The van der Waals surface area contributed by atoms with E-state index >= 15 is 0 Å². The van der Waals surface area contributed by atoms with E-state index in [-0.39, 0.29) is 29.5 Å². The molecule has 2 rings (SSSR count). The summed E-state index contributed by atoms with van der Waals surface area (Å²) in [6, 6.07) is 6.12. The number of hydrogen-bond acceptors (Lipinski definition) is 8. The number of hydrogen-bond donors (Lipinski definition) is 0. The van der Waals surface area contributed by atoms with Gasteiger partial charge in [-0.25, -0.2) is 9.59 Å². The first-order valence-corrected chi connectivity index (χ1v) is 11.1. The summed E-state index contributed by atoms with van der Waals surface area (Å²) >= 11 is 0. The fourth-order valence-electron chi connectivity index (χ4n) is 3.54. The highest BCUT2D eigenvalue weighted by Crippen LogP contribution is 2.26. The molecule has 2 unspecified atom stereocenters. The van der Waals surface area contributed by atoms with E-state index in [2.05, 4.69) is 0 Å². The lowest BCUT2D eigenvalue weighted by molar-refractivity contribution is -0.158. The van der Waals surface area contributed by atoms with Gasteiger partial charge in [-0.05, 0) is 57.6 Å². The van der Waals surface area contributed by atoms with Crippen LogP contribution in [0.15, 0.2) is 24.3 Å². The summed E-state index contributed by atoms with van der Waals surface area (Å²) in [4.78, 5) is 48.4. The summed E-state index contributed by atoms with van der Waals surface area (Å²) in [6.45, 7) is 1.60. The number of ketones is 1. The molecule has 1 aromatic carbocycles. The van der Waals surface area contributed by atoms with Crippen LogP contribution in [0.1, 0.15) is 79.0 Å². The molecule has 8 heteroatoms. The van der Waals surface area contributed by atoms with Gasteiger partial charge in [0.15, 0.2) is 5.78 Å². The highest BCUT2D eigenvalue weighted by Gasteiger charge is 2.32. The predicted molar refractivity (Wildman–Crippen MR) is 115 cm³/mol. The number of esters is 3. The lowest BCUT2D eigenvalue weighted by Gasteiger charge is -2.30. The fraction of sp³-hybridized carbons (Fsp3) is 0.583. The van der Waals surface area contributed by atoms with Crippen LogP contribution >= 0.6 is 0 Å². The molecule has 0 bridgehead atoms. The van der Waals surface area contributed by atoms with Crippen LogP contribution in [0, 0.1) is 0 Å². The van der Waals surface area contributed by atoms with E-state index in [9.17, 15) is 19.2 Å². The van der Waals surface area contributed by atoms with Crippen LogP contribution in [0.25, 0.3) is 0 Å². The highest BCUT2D eigenvalue weighted by atomic mass is 16.6. The number of unbranched alkanes of at least 4 members (excludes halogenated alkanes) is 2. The number of Topliss-reactive ketones (excluding diaryl/α,β-unsaturated/α-hetero) is 1. The molecule has 32 heavy (non-hydrogen) atoms. The maximum Gasteiger partial charge on any atom is 0.339 e. The fourth-order valence-corrected chi connectivity index (χ4v) is 3.54. The molecule has 1 aliphatic carbocycles. The van der Waals surface area contributed by atoms with Gasteiger partial charge in [-0.1, -0.05) is 18.6 Å². The van der Waals surface area contributed by atoms with Gasteiger partial charge in [-0.15, -0.1) is 0 Å². The molecular formula is C24H32O8. The topological polar surface area (TPSA) is 105 Å². The highest BCUT2D eigenvalue weighted by molar-refractivity contribution is 6.03. The normalized spacial score (nSPS) is 17.9. The second-order valence-corrected chi connectivity index (χ2v) is 7.88. The number of ether oxygens (including phenoxy) is 4. The Morgan fingerprint density at radius 3 is 2.12 bits per heavy atom. The predicted octanol–water partition coefficient (Wildman–Crippen LogP) is 3.65. The van der Waals surface area contributed by atoms with Gasteiger partial charge in [0, 0.05) is 20.1 Å². The Morgan fingerprint density at radius 1 is 0.875 bits per heavy atom. The zero-order chi connectivity index (χ0) is 23.3. The van der Waals surface area contributed by atoms with Crippen LogP contribution in [0.2, 0.25) is 0 Å². The maximum atomic E-state index is 12.8. The van der Waals surface area contributed by atoms with E-state index in [4.69, 9.17) is 18.9 Å². The van der Waals surface area contributed by atoms with Crippen molar-refractivity contribution in [3.8, 4) is 0 Å². The van der Waals surface area contributed by atoms with Crippen molar-refractivity contribution < 1.29 is 38.1 Å². The molecule has 1 aliphatic rings. The van der Waals surface area contributed by atoms with Crippen molar-refractivity contribution in [3.63, 3.8) is 0 Å². The molecule has 0 saturated heterocycles.